The third-order valence-electron chi connectivity index (χ3n) is 4.19. The number of rotatable bonds is 1. The standard InChI is InChI=1S/C21H16N.W/c1-15-7-3-6-10-19(15)21-20-14-17-9-5-4-8-16(17)13-18(20)11-12-22(21)2;/h3-9,11-13H,1-2H3;/q-1;+2. The van der Waals surface area contributed by atoms with Crippen molar-refractivity contribution in [3.8, 4) is 11.3 Å². The van der Waals surface area contributed by atoms with Crippen molar-refractivity contribution in [1.29, 1.82) is 0 Å². The van der Waals surface area contributed by atoms with E-state index in [-0.39, 0.29) is 21.1 Å². The largest absolute Gasteiger partial charge is 2.00 e. The molecule has 0 aliphatic carbocycles. The van der Waals surface area contributed by atoms with E-state index in [1.54, 1.807) is 0 Å². The zero-order chi connectivity index (χ0) is 15.1. The topological polar surface area (TPSA) is 3.88 Å². The summed E-state index contributed by atoms with van der Waals surface area (Å²) in [5.74, 6) is 0. The summed E-state index contributed by atoms with van der Waals surface area (Å²) in [6.07, 6.45) is 2.11. The van der Waals surface area contributed by atoms with E-state index in [1.165, 1.54) is 22.0 Å². The van der Waals surface area contributed by atoms with E-state index < -0.39 is 0 Å². The van der Waals surface area contributed by atoms with E-state index >= 15 is 0 Å². The minimum absolute atomic E-state index is 0. The van der Waals surface area contributed by atoms with Gasteiger partial charge in [-0.25, -0.2) is 4.57 Å². The van der Waals surface area contributed by atoms with Crippen molar-refractivity contribution in [2.45, 2.75) is 6.92 Å². The first-order valence-corrected chi connectivity index (χ1v) is 7.45. The Hall–Kier alpha value is -1.98. The van der Waals surface area contributed by atoms with Crippen LogP contribution in [0.15, 0.2) is 60.8 Å². The number of fused-ring (bicyclic) bond motifs is 2. The molecule has 4 rings (SSSR count). The predicted octanol–water partition coefficient (Wildman–Crippen LogP) is 4.39. The molecule has 0 saturated heterocycles. The summed E-state index contributed by atoms with van der Waals surface area (Å²) < 4.78 is 2.16. The van der Waals surface area contributed by atoms with Crippen LogP contribution in [0.4, 0.5) is 0 Å². The van der Waals surface area contributed by atoms with Crippen LogP contribution in [0, 0.1) is 19.1 Å². The summed E-state index contributed by atoms with van der Waals surface area (Å²) in [7, 11) is 2.08. The summed E-state index contributed by atoms with van der Waals surface area (Å²) in [4.78, 5) is 0. The quantitative estimate of drug-likeness (QED) is 0.223. The van der Waals surface area contributed by atoms with Gasteiger partial charge in [-0.3, -0.25) is 0 Å². The second kappa shape index (κ2) is 6.26. The summed E-state index contributed by atoms with van der Waals surface area (Å²) >= 11 is 0. The number of hydrogen-bond acceptors (Lipinski definition) is 0. The SMILES string of the molecule is Cc1ccc[c-]c1-c1c2[c-]c3ccccc3cc2cc[n+]1C.[W+2]. The van der Waals surface area contributed by atoms with Crippen molar-refractivity contribution >= 4 is 21.5 Å². The van der Waals surface area contributed by atoms with Crippen LogP contribution in [0.2, 0.25) is 0 Å². The van der Waals surface area contributed by atoms with Crippen molar-refractivity contribution < 1.29 is 25.6 Å². The average Bonchev–Trinajstić information content (AvgIpc) is 2.54. The Morgan fingerprint density at radius 3 is 2.61 bits per heavy atom. The van der Waals surface area contributed by atoms with Gasteiger partial charge < -0.3 is 0 Å². The molecular weight excluding hydrogens is 450 g/mol. The molecule has 0 aliphatic rings. The molecule has 0 saturated carbocycles. The summed E-state index contributed by atoms with van der Waals surface area (Å²) in [6.45, 7) is 2.13. The van der Waals surface area contributed by atoms with Gasteiger partial charge in [-0.1, -0.05) is 41.5 Å². The van der Waals surface area contributed by atoms with Crippen LogP contribution in [-0.2, 0) is 28.1 Å². The number of aryl methyl sites for hydroxylation is 2. The molecule has 0 bridgehead atoms. The Bertz CT molecular complexity index is 1000. The monoisotopic (exact) mass is 466 g/mol. The van der Waals surface area contributed by atoms with E-state index in [0.29, 0.717) is 0 Å². The third-order valence-corrected chi connectivity index (χ3v) is 4.19. The summed E-state index contributed by atoms with van der Waals surface area (Å²) in [6, 6.07) is 25.9. The molecular formula is C21H16NW+. The van der Waals surface area contributed by atoms with Crippen LogP contribution < -0.4 is 4.57 Å². The molecule has 1 nitrogen and oxygen atoms in total. The predicted molar refractivity (Wildman–Crippen MR) is 90.5 cm³/mol. The normalized spacial score (nSPS) is 10.7. The van der Waals surface area contributed by atoms with E-state index in [1.807, 2.05) is 12.1 Å². The Morgan fingerprint density at radius 1 is 0.957 bits per heavy atom. The molecule has 3 aromatic carbocycles. The van der Waals surface area contributed by atoms with Gasteiger partial charge in [0.15, 0.2) is 6.20 Å². The molecule has 23 heavy (non-hydrogen) atoms. The fourth-order valence-electron chi connectivity index (χ4n) is 3.03. The van der Waals surface area contributed by atoms with Crippen LogP contribution in [0.1, 0.15) is 5.56 Å². The molecule has 0 fully saturated rings. The van der Waals surface area contributed by atoms with E-state index in [9.17, 15) is 0 Å². The zero-order valence-corrected chi connectivity index (χ0v) is 16.1. The van der Waals surface area contributed by atoms with Gasteiger partial charge >= 0.3 is 21.1 Å². The molecule has 2 heteroatoms. The second-order valence-electron chi connectivity index (χ2n) is 5.69. The molecule has 110 valence electrons. The fourth-order valence-corrected chi connectivity index (χ4v) is 3.03. The molecule has 0 radical (unpaired) electrons. The van der Waals surface area contributed by atoms with Crippen LogP contribution in [0.25, 0.3) is 32.8 Å². The number of hydrogen-bond donors (Lipinski definition) is 0. The first kappa shape index (κ1) is 15.9. The average molecular weight is 466 g/mol. The maximum absolute atomic E-state index is 3.60. The van der Waals surface area contributed by atoms with Gasteiger partial charge in [0.2, 0.25) is 0 Å². The summed E-state index contributed by atoms with van der Waals surface area (Å²) in [5, 5.41) is 4.73. The van der Waals surface area contributed by atoms with Gasteiger partial charge in [0.25, 0.3) is 0 Å². The van der Waals surface area contributed by atoms with Crippen molar-refractivity contribution in [1.82, 2.24) is 0 Å². The molecule has 4 aromatic rings. The Labute approximate surface area is 150 Å². The molecule has 0 unspecified atom stereocenters. The molecule has 1 heterocycles. The van der Waals surface area contributed by atoms with Gasteiger partial charge in [0.1, 0.15) is 12.7 Å². The van der Waals surface area contributed by atoms with Gasteiger partial charge in [0.05, 0.1) is 0 Å². The first-order chi connectivity index (χ1) is 10.7. The van der Waals surface area contributed by atoms with Gasteiger partial charge in [-0.15, -0.1) is 53.4 Å². The summed E-state index contributed by atoms with van der Waals surface area (Å²) in [5.41, 5.74) is 3.54. The maximum Gasteiger partial charge on any atom is 2.00 e. The van der Waals surface area contributed by atoms with E-state index in [4.69, 9.17) is 0 Å². The zero-order valence-electron chi connectivity index (χ0n) is 13.1. The van der Waals surface area contributed by atoms with Crippen LogP contribution in [0.5, 0.6) is 0 Å². The van der Waals surface area contributed by atoms with Crippen LogP contribution >= 0.6 is 0 Å². The van der Waals surface area contributed by atoms with Gasteiger partial charge in [-0.05, 0) is 11.5 Å². The Balaban J connectivity index is 0.00000156. The number of pyridine rings is 1. The molecule has 1 aromatic heterocycles. The van der Waals surface area contributed by atoms with Crippen LogP contribution in [-0.4, -0.2) is 0 Å². The molecule has 0 aliphatic heterocycles. The minimum atomic E-state index is 0. The minimum Gasteiger partial charge on any atom is -0.235 e. The molecule has 0 atom stereocenters. The number of benzene rings is 3. The maximum atomic E-state index is 3.60. The van der Waals surface area contributed by atoms with Crippen molar-refractivity contribution in [3.05, 3.63) is 78.5 Å². The number of nitrogens with zero attached hydrogens (tertiary/aromatic N) is 1. The van der Waals surface area contributed by atoms with Crippen molar-refractivity contribution in [3.63, 3.8) is 0 Å². The van der Waals surface area contributed by atoms with Crippen LogP contribution in [0.3, 0.4) is 0 Å². The third kappa shape index (κ3) is 2.70. The molecule has 0 amide bonds. The first-order valence-electron chi connectivity index (χ1n) is 7.45. The Kier molecular flexibility index (Phi) is 4.32. The smallest absolute Gasteiger partial charge is 0.235 e. The fraction of sp³-hybridized carbons (Fsp3) is 0.0952. The van der Waals surface area contributed by atoms with Crippen molar-refractivity contribution in [2.75, 3.05) is 0 Å². The van der Waals surface area contributed by atoms with E-state index in [2.05, 4.69) is 79.3 Å². The van der Waals surface area contributed by atoms with Crippen molar-refractivity contribution in [2.24, 2.45) is 7.05 Å². The number of aromatic nitrogens is 1. The van der Waals surface area contributed by atoms with E-state index in [0.717, 1.165) is 16.3 Å². The molecule has 0 spiro atoms. The second-order valence-corrected chi connectivity index (χ2v) is 5.69. The Morgan fingerprint density at radius 2 is 1.78 bits per heavy atom. The van der Waals surface area contributed by atoms with Gasteiger partial charge in [0, 0.05) is 0 Å². The molecule has 0 N–H and O–H groups in total. The van der Waals surface area contributed by atoms with Gasteiger partial charge in [-0.2, -0.15) is 0 Å².